The number of halogens is 1. The molecular formula is C17H28IN5O2S. The number of rotatable bonds is 8. The van der Waals surface area contributed by atoms with Gasteiger partial charge < -0.3 is 15.2 Å². The second-order valence-corrected chi connectivity index (χ2v) is 8.23. The smallest absolute Gasteiger partial charge is 0.191 e. The fourth-order valence-electron chi connectivity index (χ4n) is 2.59. The summed E-state index contributed by atoms with van der Waals surface area (Å²) in [6.45, 7) is 6.58. The summed E-state index contributed by atoms with van der Waals surface area (Å²) in [6, 6.07) is 8.11. The predicted octanol–water partition coefficient (Wildman–Crippen LogP) is 1.95. The van der Waals surface area contributed by atoms with Crippen LogP contribution in [0.15, 0.2) is 29.3 Å². The van der Waals surface area contributed by atoms with Gasteiger partial charge in [0.1, 0.15) is 15.7 Å². The summed E-state index contributed by atoms with van der Waals surface area (Å²) < 4.78 is 24.6. The van der Waals surface area contributed by atoms with E-state index in [1.807, 2.05) is 32.0 Å². The monoisotopic (exact) mass is 493 g/mol. The number of para-hydroxylation sites is 2. The number of aromatic nitrogens is 2. The van der Waals surface area contributed by atoms with Crippen molar-refractivity contribution in [3.63, 3.8) is 0 Å². The molecular weight excluding hydrogens is 465 g/mol. The zero-order valence-corrected chi connectivity index (χ0v) is 18.7. The Balaban J connectivity index is 0.00000338. The number of aliphatic imine (C=N–C) groups is 1. The molecule has 0 amide bonds. The standard InChI is InChI=1S/C17H27N5O2S.HI/c1-4-18-17(20-11-13-25(3,23)24)19-10-7-12-22-14(2)21-15-8-5-6-9-16(15)22;/h5-6,8-9H,4,7,10-13H2,1-3H3,(H2,18,19,20);1H. The first-order chi connectivity index (χ1) is 11.9. The molecule has 0 fully saturated rings. The first-order valence-corrected chi connectivity index (χ1v) is 10.6. The van der Waals surface area contributed by atoms with Gasteiger partial charge in [-0.2, -0.15) is 0 Å². The van der Waals surface area contributed by atoms with E-state index in [4.69, 9.17) is 0 Å². The van der Waals surface area contributed by atoms with Gasteiger partial charge in [-0.3, -0.25) is 4.99 Å². The number of imidazole rings is 1. The van der Waals surface area contributed by atoms with Crippen molar-refractivity contribution in [3.05, 3.63) is 30.1 Å². The first kappa shape index (κ1) is 22.7. The normalized spacial score (nSPS) is 12.0. The molecule has 146 valence electrons. The van der Waals surface area contributed by atoms with E-state index in [1.54, 1.807) is 0 Å². The zero-order chi connectivity index (χ0) is 18.3. The Labute approximate surface area is 172 Å². The number of benzene rings is 1. The molecule has 0 spiro atoms. The Morgan fingerprint density at radius 3 is 2.69 bits per heavy atom. The molecule has 2 N–H and O–H groups in total. The maximum atomic E-state index is 11.2. The fourth-order valence-corrected chi connectivity index (χ4v) is 3.07. The van der Waals surface area contributed by atoms with Crippen molar-refractivity contribution < 1.29 is 8.42 Å². The summed E-state index contributed by atoms with van der Waals surface area (Å²) in [7, 11) is -2.97. The molecule has 2 aromatic rings. The number of aryl methyl sites for hydroxylation is 2. The van der Waals surface area contributed by atoms with Crippen LogP contribution in [0.5, 0.6) is 0 Å². The summed E-state index contributed by atoms with van der Waals surface area (Å²) >= 11 is 0. The molecule has 2 rings (SSSR count). The van der Waals surface area contributed by atoms with Crippen LogP contribution in [0.3, 0.4) is 0 Å². The van der Waals surface area contributed by atoms with E-state index in [9.17, 15) is 8.42 Å². The molecule has 7 nitrogen and oxygen atoms in total. The summed E-state index contributed by atoms with van der Waals surface area (Å²) in [5.41, 5.74) is 2.15. The van der Waals surface area contributed by atoms with Gasteiger partial charge in [0.25, 0.3) is 0 Å². The van der Waals surface area contributed by atoms with Crippen LogP contribution in [0.25, 0.3) is 11.0 Å². The minimum Gasteiger partial charge on any atom is -0.357 e. The number of hydrogen-bond donors (Lipinski definition) is 2. The summed E-state index contributed by atoms with van der Waals surface area (Å²) in [5.74, 6) is 1.75. The Bertz CT molecular complexity index is 833. The van der Waals surface area contributed by atoms with E-state index in [0.717, 1.165) is 36.4 Å². The molecule has 0 aliphatic carbocycles. The van der Waals surface area contributed by atoms with Crippen molar-refractivity contribution in [2.75, 3.05) is 31.6 Å². The van der Waals surface area contributed by atoms with Crippen LogP contribution >= 0.6 is 24.0 Å². The lowest BCUT2D eigenvalue weighted by molar-refractivity contribution is 0.600. The largest absolute Gasteiger partial charge is 0.357 e. The van der Waals surface area contributed by atoms with Crippen molar-refractivity contribution in [3.8, 4) is 0 Å². The van der Waals surface area contributed by atoms with Crippen LogP contribution in [-0.2, 0) is 16.4 Å². The summed E-state index contributed by atoms with van der Waals surface area (Å²) in [5, 5.41) is 6.18. The summed E-state index contributed by atoms with van der Waals surface area (Å²) in [4.78, 5) is 9.07. The van der Waals surface area contributed by atoms with E-state index >= 15 is 0 Å². The first-order valence-electron chi connectivity index (χ1n) is 8.52. The average molecular weight is 493 g/mol. The molecule has 1 aromatic heterocycles. The Hall–Kier alpha value is -1.36. The molecule has 0 aliphatic rings. The van der Waals surface area contributed by atoms with E-state index in [2.05, 4.69) is 31.2 Å². The van der Waals surface area contributed by atoms with Gasteiger partial charge in [0.2, 0.25) is 0 Å². The SMILES string of the molecule is CCNC(=NCCCn1c(C)nc2ccccc21)NCCS(C)(=O)=O.I. The number of nitrogens with one attached hydrogen (secondary N) is 2. The van der Waals surface area contributed by atoms with Crippen LogP contribution < -0.4 is 10.6 Å². The molecule has 0 atom stereocenters. The van der Waals surface area contributed by atoms with Crippen LogP contribution in [-0.4, -0.2) is 55.6 Å². The minimum atomic E-state index is -2.97. The fraction of sp³-hybridized carbons (Fsp3) is 0.529. The van der Waals surface area contributed by atoms with Gasteiger partial charge in [0.15, 0.2) is 5.96 Å². The highest BCUT2D eigenvalue weighted by molar-refractivity contribution is 14.0. The van der Waals surface area contributed by atoms with Crippen molar-refractivity contribution in [1.82, 2.24) is 20.2 Å². The van der Waals surface area contributed by atoms with Gasteiger partial charge in [0.05, 0.1) is 16.8 Å². The molecule has 26 heavy (non-hydrogen) atoms. The topological polar surface area (TPSA) is 88.4 Å². The Kier molecular flexibility index (Phi) is 9.34. The number of guanidine groups is 1. The molecule has 0 saturated carbocycles. The van der Waals surface area contributed by atoms with Crippen LogP contribution in [0.1, 0.15) is 19.2 Å². The molecule has 0 aliphatic heterocycles. The zero-order valence-electron chi connectivity index (χ0n) is 15.5. The van der Waals surface area contributed by atoms with Gasteiger partial charge in [0, 0.05) is 32.4 Å². The number of sulfone groups is 1. The molecule has 1 aromatic carbocycles. The number of hydrogen-bond acceptors (Lipinski definition) is 4. The highest BCUT2D eigenvalue weighted by Crippen LogP contribution is 2.15. The molecule has 0 bridgehead atoms. The minimum absolute atomic E-state index is 0. The van der Waals surface area contributed by atoms with Gasteiger partial charge in [-0.15, -0.1) is 24.0 Å². The molecule has 1 heterocycles. The second-order valence-electron chi connectivity index (χ2n) is 5.97. The lowest BCUT2D eigenvalue weighted by Crippen LogP contribution is -2.39. The third-order valence-corrected chi connectivity index (χ3v) is 4.71. The lowest BCUT2D eigenvalue weighted by Gasteiger charge is -2.11. The van der Waals surface area contributed by atoms with Crippen molar-refractivity contribution in [2.24, 2.45) is 4.99 Å². The quantitative estimate of drug-likeness (QED) is 0.254. The second kappa shape index (κ2) is 10.7. The maximum absolute atomic E-state index is 11.2. The van der Waals surface area contributed by atoms with Gasteiger partial charge in [-0.25, -0.2) is 13.4 Å². The van der Waals surface area contributed by atoms with Crippen molar-refractivity contribution in [2.45, 2.75) is 26.8 Å². The molecule has 0 radical (unpaired) electrons. The molecule has 9 heteroatoms. The van der Waals surface area contributed by atoms with Gasteiger partial charge in [-0.1, -0.05) is 12.1 Å². The van der Waals surface area contributed by atoms with Crippen LogP contribution in [0, 0.1) is 6.92 Å². The molecule has 0 saturated heterocycles. The third-order valence-electron chi connectivity index (χ3n) is 3.76. The van der Waals surface area contributed by atoms with Crippen molar-refractivity contribution in [1.29, 1.82) is 0 Å². The highest BCUT2D eigenvalue weighted by Gasteiger charge is 2.06. The predicted molar refractivity (Wildman–Crippen MR) is 118 cm³/mol. The highest BCUT2D eigenvalue weighted by atomic mass is 127. The van der Waals surface area contributed by atoms with E-state index in [-0.39, 0.29) is 29.7 Å². The average Bonchev–Trinajstić information content (AvgIpc) is 2.86. The maximum Gasteiger partial charge on any atom is 0.191 e. The molecule has 0 unspecified atom stereocenters. The van der Waals surface area contributed by atoms with E-state index < -0.39 is 9.84 Å². The third kappa shape index (κ3) is 7.10. The van der Waals surface area contributed by atoms with Crippen LogP contribution in [0.4, 0.5) is 0 Å². The van der Waals surface area contributed by atoms with Crippen molar-refractivity contribution >= 4 is 50.8 Å². The number of fused-ring (bicyclic) bond motifs is 1. The summed E-state index contributed by atoms with van der Waals surface area (Å²) in [6.07, 6.45) is 2.11. The Morgan fingerprint density at radius 1 is 1.27 bits per heavy atom. The van der Waals surface area contributed by atoms with E-state index in [1.165, 1.54) is 6.26 Å². The Morgan fingerprint density at radius 2 is 2.00 bits per heavy atom. The lowest BCUT2D eigenvalue weighted by atomic mass is 10.3. The van der Waals surface area contributed by atoms with Gasteiger partial charge in [-0.05, 0) is 32.4 Å². The van der Waals surface area contributed by atoms with Crippen LogP contribution in [0.2, 0.25) is 0 Å². The number of nitrogens with zero attached hydrogens (tertiary/aromatic N) is 3. The van der Waals surface area contributed by atoms with Gasteiger partial charge >= 0.3 is 0 Å². The van der Waals surface area contributed by atoms with E-state index in [0.29, 0.717) is 19.0 Å².